The first kappa shape index (κ1) is 15.2. The highest BCUT2D eigenvalue weighted by molar-refractivity contribution is 7.17. The molecule has 1 amide bonds. The molecule has 0 saturated heterocycles. The van der Waals surface area contributed by atoms with Crippen molar-refractivity contribution < 1.29 is 4.79 Å². The van der Waals surface area contributed by atoms with Gasteiger partial charge in [-0.1, -0.05) is 18.0 Å². The fourth-order valence-electron chi connectivity index (χ4n) is 2.48. The number of aryl methyl sites for hydroxylation is 1. The van der Waals surface area contributed by atoms with Gasteiger partial charge in [-0.3, -0.25) is 4.79 Å². The lowest BCUT2D eigenvalue weighted by atomic mass is 10.2. The van der Waals surface area contributed by atoms with Gasteiger partial charge in [0.05, 0.1) is 10.9 Å². The summed E-state index contributed by atoms with van der Waals surface area (Å²) in [6.45, 7) is 1.35. The van der Waals surface area contributed by atoms with Gasteiger partial charge in [0, 0.05) is 23.9 Å². The minimum absolute atomic E-state index is 0.143. The number of carbonyl (C=O) groups is 1. The zero-order valence-corrected chi connectivity index (χ0v) is 13.7. The van der Waals surface area contributed by atoms with Crippen molar-refractivity contribution in [2.45, 2.75) is 38.8 Å². The van der Waals surface area contributed by atoms with E-state index in [1.165, 1.54) is 23.8 Å². The molecular formula is C15H17ClN4OS. The second kappa shape index (κ2) is 7.07. The van der Waals surface area contributed by atoms with E-state index in [1.807, 2.05) is 12.1 Å². The Morgan fingerprint density at radius 2 is 2.27 bits per heavy atom. The van der Waals surface area contributed by atoms with Gasteiger partial charge in [0.15, 0.2) is 5.82 Å². The number of hydrogen-bond acceptors (Lipinski definition) is 4. The third kappa shape index (κ3) is 3.75. The molecule has 5 nitrogen and oxygen atoms in total. The first-order valence-electron chi connectivity index (χ1n) is 7.34. The SMILES string of the molecule is O=C(/C=C/c1ccc(Cl)s1)NCc1nnc2n1CCCCC2. The molecule has 116 valence electrons. The lowest BCUT2D eigenvalue weighted by molar-refractivity contribution is -0.116. The van der Waals surface area contributed by atoms with E-state index in [1.54, 1.807) is 6.08 Å². The number of rotatable bonds is 4. The zero-order chi connectivity index (χ0) is 15.4. The van der Waals surface area contributed by atoms with Crippen LogP contribution in [0.4, 0.5) is 0 Å². The second-order valence-corrected chi connectivity index (χ2v) is 6.93. The molecule has 0 unspecified atom stereocenters. The summed E-state index contributed by atoms with van der Waals surface area (Å²) in [6.07, 6.45) is 7.78. The Hall–Kier alpha value is -1.66. The molecule has 3 heterocycles. The molecule has 2 aromatic rings. The molecule has 22 heavy (non-hydrogen) atoms. The van der Waals surface area contributed by atoms with Crippen LogP contribution >= 0.6 is 22.9 Å². The Balaban J connectivity index is 1.57. The Morgan fingerprint density at radius 3 is 3.09 bits per heavy atom. The van der Waals surface area contributed by atoms with Crippen LogP contribution in [0.3, 0.4) is 0 Å². The van der Waals surface area contributed by atoms with Crippen LogP contribution in [0.5, 0.6) is 0 Å². The summed E-state index contributed by atoms with van der Waals surface area (Å²) >= 11 is 7.29. The van der Waals surface area contributed by atoms with E-state index in [-0.39, 0.29) is 5.91 Å². The highest BCUT2D eigenvalue weighted by Gasteiger charge is 2.14. The van der Waals surface area contributed by atoms with Gasteiger partial charge in [0.2, 0.25) is 5.91 Å². The van der Waals surface area contributed by atoms with E-state index in [4.69, 9.17) is 11.6 Å². The number of thiophene rings is 1. The molecule has 0 fully saturated rings. The number of amides is 1. The van der Waals surface area contributed by atoms with Gasteiger partial charge in [0.25, 0.3) is 0 Å². The molecule has 0 saturated carbocycles. The minimum atomic E-state index is -0.143. The lowest BCUT2D eigenvalue weighted by Gasteiger charge is -2.06. The van der Waals surface area contributed by atoms with Crippen LogP contribution in [-0.2, 0) is 24.3 Å². The van der Waals surface area contributed by atoms with Crippen LogP contribution in [0, 0.1) is 0 Å². The van der Waals surface area contributed by atoms with E-state index in [2.05, 4.69) is 20.1 Å². The van der Waals surface area contributed by atoms with Crippen LogP contribution in [0.2, 0.25) is 4.34 Å². The number of halogens is 1. The standard InChI is InChI=1S/C15H17ClN4OS/c16-12-7-5-11(22-12)6-8-15(21)17-10-14-19-18-13-4-2-1-3-9-20(13)14/h5-8H,1-4,9-10H2,(H,17,21)/b8-6+. The number of hydrogen-bond donors (Lipinski definition) is 1. The van der Waals surface area contributed by atoms with E-state index in [0.29, 0.717) is 10.9 Å². The topological polar surface area (TPSA) is 59.8 Å². The first-order valence-corrected chi connectivity index (χ1v) is 8.54. The predicted molar refractivity (Wildman–Crippen MR) is 87.8 cm³/mol. The molecule has 0 radical (unpaired) electrons. The summed E-state index contributed by atoms with van der Waals surface area (Å²) in [6, 6.07) is 3.70. The molecule has 0 spiro atoms. The predicted octanol–water partition coefficient (Wildman–Crippen LogP) is 3.05. The Bertz CT molecular complexity index is 692. The van der Waals surface area contributed by atoms with Gasteiger partial charge in [-0.25, -0.2) is 0 Å². The first-order chi connectivity index (χ1) is 10.7. The minimum Gasteiger partial charge on any atom is -0.345 e. The number of aromatic nitrogens is 3. The summed E-state index contributed by atoms with van der Waals surface area (Å²) in [5.74, 6) is 1.72. The maximum Gasteiger partial charge on any atom is 0.244 e. The highest BCUT2D eigenvalue weighted by atomic mass is 35.5. The molecule has 0 aromatic carbocycles. The summed E-state index contributed by atoms with van der Waals surface area (Å²) in [5, 5.41) is 11.3. The number of nitrogens with one attached hydrogen (secondary N) is 1. The van der Waals surface area contributed by atoms with Crippen molar-refractivity contribution in [2.75, 3.05) is 0 Å². The quantitative estimate of drug-likeness (QED) is 0.873. The average molecular weight is 337 g/mol. The molecule has 0 aliphatic carbocycles. The van der Waals surface area contributed by atoms with E-state index in [9.17, 15) is 4.79 Å². The van der Waals surface area contributed by atoms with E-state index in [0.717, 1.165) is 42.3 Å². The zero-order valence-electron chi connectivity index (χ0n) is 12.1. The van der Waals surface area contributed by atoms with Gasteiger partial charge in [-0.2, -0.15) is 0 Å². The van der Waals surface area contributed by atoms with Crippen molar-refractivity contribution in [1.82, 2.24) is 20.1 Å². The third-order valence-corrected chi connectivity index (χ3v) is 4.80. The molecule has 7 heteroatoms. The van der Waals surface area contributed by atoms with E-state index < -0.39 is 0 Å². The normalized spacial score (nSPS) is 14.8. The van der Waals surface area contributed by atoms with Crippen molar-refractivity contribution in [3.8, 4) is 0 Å². The summed E-state index contributed by atoms with van der Waals surface area (Å²) < 4.78 is 2.85. The Labute approximate surface area is 138 Å². The molecule has 1 aliphatic rings. The second-order valence-electron chi connectivity index (χ2n) is 5.19. The van der Waals surface area contributed by atoms with E-state index >= 15 is 0 Å². The van der Waals surface area contributed by atoms with Gasteiger partial charge in [-0.05, 0) is 31.1 Å². The summed E-state index contributed by atoms with van der Waals surface area (Å²) in [7, 11) is 0. The van der Waals surface area contributed by atoms with Crippen molar-refractivity contribution in [2.24, 2.45) is 0 Å². The summed E-state index contributed by atoms with van der Waals surface area (Å²) in [4.78, 5) is 12.8. The monoisotopic (exact) mass is 336 g/mol. The largest absolute Gasteiger partial charge is 0.345 e. The fraction of sp³-hybridized carbons (Fsp3) is 0.400. The number of fused-ring (bicyclic) bond motifs is 1. The molecular weight excluding hydrogens is 320 g/mol. The van der Waals surface area contributed by atoms with Crippen molar-refractivity contribution in [1.29, 1.82) is 0 Å². The lowest BCUT2D eigenvalue weighted by Crippen LogP contribution is -2.23. The molecule has 1 N–H and O–H groups in total. The molecule has 1 aliphatic heterocycles. The maximum atomic E-state index is 11.9. The van der Waals surface area contributed by atoms with Gasteiger partial charge in [-0.15, -0.1) is 21.5 Å². The molecule has 0 atom stereocenters. The van der Waals surface area contributed by atoms with Crippen LogP contribution in [-0.4, -0.2) is 20.7 Å². The fourth-order valence-corrected chi connectivity index (χ4v) is 3.44. The van der Waals surface area contributed by atoms with Gasteiger partial charge < -0.3 is 9.88 Å². The Morgan fingerprint density at radius 1 is 1.36 bits per heavy atom. The van der Waals surface area contributed by atoms with Crippen molar-refractivity contribution >= 4 is 34.9 Å². The molecule has 0 bridgehead atoms. The smallest absolute Gasteiger partial charge is 0.244 e. The van der Waals surface area contributed by atoms with Crippen molar-refractivity contribution in [3.63, 3.8) is 0 Å². The van der Waals surface area contributed by atoms with Crippen LogP contribution in [0.1, 0.15) is 35.8 Å². The van der Waals surface area contributed by atoms with Crippen molar-refractivity contribution in [3.05, 3.63) is 39.1 Å². The average Bonchev–Trinajstić information content (AvgIpc) is 3.02. The van der Waals surface area contributed by atoms with Crippen LogP contribution in [0.15, 0.2) is 18.2 Å². The van der Waals surface area contributed by atoms with Gasteiger partial charge >= 0.3 is 0 Å². The Kier molecular flexibility index (Phi) is 4.90. The number of nitrogens with zero attached hydrogens (tertiary/aromatic N) is 3. The van der Waals surface area contributed by atoms with Crippen LogP contribution in [0.25, 0.3) is 6.08 Å². The number of carbonyl (C=O) groups excluding carboxylic acids is 1. The molecule has 2 aromatic heterocycles. The third-order valence-electron chi connectivity index (χ3n) is 3.60. The van der Waals surface area contributed by atoms with Crippen LogP contribution < -0.4 is 5.32 Å². The van der Waals surface area contributed by atoms with Gasteiger partial charge in [0.1, 0.15) is 5.82 Å². The maximum absolute atomic E-state index is 11.9. The highest BCUT2D eigenvalue weighted by Crippen LogP contribution is 2.22. The summed E-state index contributed by atoms with van der Waals surface area (Å²) in [5.41, 5.74) is 0. The molecule has 3 rings (SSSR count).